The fraction of sp³-hybridized carbons (Fsp3) is 0.778. The topological polar surface area (TPSA) is 63.8 Å². The Hall–Kier alpha value is -0.820. The van der Waals surface area contributed by atoms with Gasteiger partial charge in [0.15, 0.2) is 5.01 Å². The number of nitrogens with two attached hydrogens (primary N) is 1. The minimum atomic E-state index is -2.54. The molecule has 90 valence electrons. The fourth-order valence-electron chi connectivity index (χ4n) is 2.05. The maximum Gasteiger partial charge on any atom is 0.291 e. The van der Waals surface area contributed by atoms with E-state index in [1.165, 1.54) is 0 Å². The van der Waals surface area contributed by atoms with Crippen molar-refractivity contribution in [2.75, 3.05) is 11.9 Å². The van der Waals surface area contributed by atoms with Gasteiger partial charge in [0.25, 0.3) is 6.43 Å². The first-order chi connectivity index (χ1) is 7.70. The van der Waals surface area contributed by atoms with Crippen LogP contribution in [-0.4, -0.2) is 22.8 Å². The van der Waals surface area contributed by atoms with Crippen LogP contribution in [-0.2, 0) is 0 Å². The molecular weight excluding hydrogens is 234 g/mol. The Labute approximate surface area is 96.2 Å². The summed E-state index contributed by atoms with van der Waals surface area (Å²) in [6, 6.07) is 0.253. The van der Waals surface area contributed by atoms with E-state index < -0.39 is 6.43 Å². The minimum Gasteiger partial charge on any atom is -0.357 e. The van der Waals surface area contributed by atoms with Gasteiger partial charge in [-0.3, -0.25) is 0 Å². The number of hydrogen-bond donors (Lipinski definition) is 2. The van der Waals surface area contributed by atoms with Crippen LogP contribution in [0, 0.1) is 5.92 Å². The summed E-state index contributed by atoms with van der Waals surface area (Å²) in [5, 5.41) is 10.5. The molecule has 16 heavy (non-hydrogen) atoms. The van der Waals surface area contributed by atoms with Crippen molar-refractivity contribution in [3.05, 3.63) is 5.01 Å². The molecular formula is C9H14F2N4S. The third-order valence-electron chi connectivity index (χ3n) is 2.90. The van der Waals surface area contributed by atoms with E-state index in [4.69, 9.17) is 5.73 Å². The van der Waals surface area contributed by atoms with E-state index in [0.29, 0.717) is 17.6 Å². The van der Waals surface area contributed by atoms with Gasteiger partial charge in [0, 0.05) is 6.04 Å². The zero-order chi connectivity index (χ0) is 11.5. The van der Waals surface area contributed by atoms with Gasteiger partial charge >= 0.3 is 0 Å². The molecule has 1 aliphatic carbocycles. The second-order valence-corrected chi connectivity index (χ2v) is 4.93. The van der Waals surface area contributed by atoms with Crippen LogP contribution in [0.2, 0.25) is 0 Å². The molecule has 2 atom stereocenters. The lowest BCUT2D eigenvalue weighted by Gasteiger charge is -2.18. The lowest BCUT2D eigenvalue weighted by atomic mass is 10.0. The number of nitrogens with zero attached hydrogens (tertiary/aromatic N) is 2. The highest BCUT2D eigenvalue weighted by atomic mass is 32.1. The molecule has 1 aromatic heterocycles. The summed E-state index contributed by atoms with van der Waals surface area (Å²) in [5.74, 6) is 0.416. The first-order valence-corrected chi connectivity index (χ1v) is 6.10. The van der Waals surface area contributed by atoms with Crippen LogP contribution >= 0.6 is 11.3 Å². The smallest absolute Gasteiger partial charge is 0.291 e. The van der Waals surface area contributed by atoms with Crippen molar-refractivity contribution in [2.45, 2.75) is 31.7 Å². The maximum atomic E-state index is 12.3. The SMILES string of the molecule is NCC1CCCC1Nc1nnc(C(F)F)s1. The predicted molar refractivity (Wildman–Crippen MR) is 58.7 cm³/mol. The Morgan fingerprint density at radius 3 is 2.88 bits per heavy atom. The summed E-state index contributed by atoms with van der Waals surface area (Å²) in [5.41, 5.74) is 5.64. The summed E-state index contributed by atoms with van der Waals surface area (Å²) in [6.07, 6.45) is 0.696. The Kier molecular flexibility index (Phi) is 3.65. The first-order valence-electron chi connectivity index (χ1n) is 5.29. The molecule has 4 nitrogen and oxygen atoms in total. The molecule has 1 aliphatic rings. The van der Waals surface area contributed by atoms with Gasteiger partial charge in [0.1, 0.15) is 0 Å². The normalized spacial score (nSPS) is 25.2. The fourth-order valence-corrected chi connectivity index (χ4v) is 2.71. The van der Waals surface area contributed by atoms with Crippen LogP contribution in [0.4, 0.5) is 13.9 Å². The third kappa shape index (κ3) is 2.46. The summed E-state index contributed by atoms with van der Waals surface area (Å²) in [7, 11) is 0. The van der Waals surface area contributed by atoms with E-state index in [0.717, 1.165) is 30.6 Å². The summed E-state index contributed by atoms with van der Waals surface area (Å²) < 4.78 is 24.6. The number of anilines is 1. The molecule has 0 amide bonds. The summed E-state index contributed by atoms with van der Waals surface area (Å²) >= 11 is 0.916. The average Bonchev–Trinajstić information content (AvgIpc) is 2.87. The van der Waals surface area contributed by atoms with E-state index in [2.05, 4.69) is 15.5 Å². The highest BCUT2D eigenvalue weighted by molar-refractivity contribution is 7.15. The van der Waals surface area contributed by atoms with E-state index in [-0.39, 0.29) is 11.0 Å². The van der Waals surface area contributed by atoms with Crippen molar-refractivity contribution < 1.29 is 8.78 Å². The molecule has 1 fully saturated rings. The molecule has 0 radical (unpaired) electrons. The van der Waals surface area contributed by atoms with Crippen molar-refractivity contribution in [1.82, 2.24) is 10.2 Å². The van der Waals surface area contributed by atoms with Gasteiger partial charge in [-0.15, -0.1) is 10.2 Å². The van der Waals surface area contributed by atoms with Gasteiger partial charge < -0.3 is 11.1 Å². The lowest BCUT2D eigenvalue weighted by Crippen LogP contribution is -2.29. The first kappa shape index (κ1) is 11.7. The van der Waals surface area contributed by atoms with Gasteiger partial charge in [-0.1, -0.05) is 17.8 Å². The van der Waals surface area contributed by atoms with E-state index in [1.54, 1.807) is 0 Å². The molecule has 0 saturated heterocycles. The molecule has 0 bridgehead atoms. The molecule has 0 aliphatic heterocycles. The van der Waals surface area contributed by atoms with Gasteiger partial charge in [0.2, 0.25) is 5.13 Å². The number of nitrogens with one attached hydrogen (secondary N) is 1. The molecule has 2 unspecified atom stereocenters. The molecule has 1 aromatic rings. The highest BCUT2D eigenvalue weighted by Crippen LogP contribution is 2.30. The lowest BCUT2D eigenvalue weighted by molar-refractivity contribution is 0.150. The zero-order valence-electron chi connectivity index (χ0n) is 8.70. The van der Waals surface area contributed by atoms with Gasteiger partial charge in [-0.25, -0.2) is 8.78 Å². The third-order valence-corrected chi connectivity index (χ3v) is 3.76. The molecule has 2 rings (SSSR count). The molecule has 0 aromatic carbocycles. The van der Waals surface area contributed by atoms with E-state index >= 15 is 0 Å². The van der Waals surface area contributed by atoms with Crippen LogP contribution in [0.15, 0.2) is 0 Å². The van der Waals surface area contributed by atoms with Crippen molar-refractivity contribution in [1.29, 1.82) is 0 Å². The van der Waals surface area contributed by atoms with Crippen molar-refractivity contribution in [3.63, 3.8) is 0 Å². The predicted octanol–water partition coefficient (Wildman–Crippen LogP) is 2.01. The number of alkyl halides is 2. The van der Waals surface area contributed by atoms with E-state index in [9.17, 15) is 8.78 Å². The maximum absolute atomic E-state index is 12.3. The van der Waals surface area contributed by atoms with Crippen LogP contribution in [0.3, 0.4) is 0 Å². The standard InChI is InChI=1S/C9H14F2N4S/c10-7(11)8-14-15-9(16-8)13-6-3-1-2-5(6)4-12/h5-7H,1-4,12H2,(H,13,15). The largest absolute Gasteiger partial charge is 0.357 e. The Balaban J connectivity index is 1.97. The average molecular weight is 248 g/mol. The Morgan fingerprint density at radius 1 is 1.44 bits per heavy atom. The number of rotatable bonds is 4. The minimum absolute atomic E-state index is 0.232. The summed E-state index contributed by atoms with van der Waals surface area (Å²) in [4.78, 5) is 0. The van der Waals surface area contributed by atoms with Crippen molar-refractivity contribution >= 4 is 16.5 Å². The summed E-state index contributed by atoms with van der Waals surface area (Å²) in [6.45, 7) is 0.623. The van der Waals surface area contributed by atoms with Crippen LogP contribution in [0.5, 0.6) is 0 Å². The second kappa shape index (κ2) is 5.01. The molecule has 1 heterocycles. The number of halogens is 2. The van der Waals surface area contributed by atoms with E-state index in [1.807, 2.05) is 0 Å². The van der Waals surface area contributed by atoms with Crippen LogP contribution in [0.1, 0.15) is 30.7 Å². The Bertz CT molecular complexity index is 344. The number of hydrogen-bond acceptors (Lipinski definition) is 5. The van der Waals surface area contributed by atoms with Gasteiger partial charge in [-0.2, -0.15) is 0 Å². The van der Waals surface area contributed by atoms with Gasteiger partial charge in [0.05, 0.1) is 0 Å². The zero-order valence-corrected chi connectivity index (χ0v) is 9.51. The van der Waals surface area contributed by atoms with Gasteiger partial charge in [-0.05, 0) is 25.3 Å². The Morgan fingerprint density at radius 2 is 2.25 bits per heavy atom. The van der Waals surface area contributed by atoms with Crippen molar-refractivity contribution in [2.24, 2.45) is 11.7 Å². The molecule has 0 spiro atoms. The molecule has 7 heteroatoms. The van der Waals surface area contributed by atoms with Crippen LogP contribution < -0.4 is 11.1 Å². The number of aromatic nitrogens is 2. The quantitative estimate of drug-likeness (QED) is 0.855. The monoisotopic (exact) mass is 248 g/mol. The second-order valence-electron chi connectivity index (χ2n) is 3.92. The highest BCUT2D eigenvalue weighted by Gasteiger charge is 2.27. The van der Waals surface area contributed by atoms with Crippen LogP contribution in [0.25, 0.3) is 0 Å². The van der Waals surface area contributed by atoms with Crippen molar-refractivity contribution in [3.8, 4) is 0 Å². The molecule has 3 N–H and O–H groups in total. The molecule has 1 saturated carbocycles.